The number of aryl methyl sites for hydroxylation is 2. The number of nitrogens with one attached hydrogen (secondary N) is 2. The summed E-state index contributed by atoms with van der Waals surface area (Å²) >= 11 is 0. The molecule has 0 spiro atoms. The van der Waals surface area contributed by atoms with E-state index < -0.39 is 0 Å². The van der Waals surface area contributed by atoms with Gasteiger partial charge in [-0.2, -0.15) is 0 Å². The number of para-hydroxylation sites is 1. The van der Waals surface area contributed by atoms with Gasteiger partial charge in [-0.1, -0.05) is 25.1 Å². The minimum Gasteiger partial charge on any atom is -0.497 e. The third kappa shape index (κ3) is 4.19. The summed E-state index contributed by atoms with van der Waals surface area (Å²) in [7, 11) is 3.18. The first-order valence-corrected chi connectivity index (χ1v) is 7.93. The third-order valence-corrected chi connectivity index (χ3v) is 3.85. The van der Waals surface area contributed by atoms with Crippen molar-refractivity contribution < 1.29 is 14.3 Å². The fourth-order valence-corrected chi connectivity index (χ4v) is 2.51. The van der Waals surface area contributed by atoms with Crippen LogP contribution in [0.3, 0.4) is 0 Å². The van der Waals surface area contributed by atoms with E-state index >= 15 is 0 Å². The number of ether oxygens (including phenoxy) is 2. The van der Waals surface area contributed by atoms with Gasteiger partial charge in [-0.25, -0.2) is 0 Å². The standard InChI is InChI=1S/C19H24N2O3/c1-5-14-8-6-7-13(2)19(14)21-18(22)12-20-16-10-9-15(23-3)11-17(16)24-4/h6-11,20H,5,12H2,1-4H3,(H,21,22). The highest BCUT2D eigenvalue weighted by atomic mass is 16.5. The second-order valence-corrected chi connectivity index (χ2v) is 5.43. The van der Waals surface area contributed by atoms with Crippen molar-refractivity contribution in [2.75, 3.05) is 31.4 Å². The van der Waals surface area contributed by atoms with Crippen LogP contribution in [0.2, 0.25) is 0 Å². The lowest BCUT2D eigenvalue weighted by Gasteiger charge is -2.15. The minimum absolute atomic E-state index is 0.100. The minimum atomic E-state index is -0.100. The third-order valence-electron chi connectivity index (χ3n) is 3.85. The zero-order chi connectivity index (χ0) is 17.5. The molecular weight excluding hydrogens is 304 g/mol. The summed E-state index contributed by atoms with van der Waals surface area (Å²) in [4.78, 5) is 12.3. The Morgan fingerprint density at radius 1 is 1.12 bits per heavy atom. The van der Waals surface area contributed by atoms with Gasteiger partial charge >= 0.3 is 0 Å². The Morgan fingerprint density at radius 2 is 1.92 bits per heavy atom. The molecule has 0 saturated heterocycles. The van der Waals surface area contributed by atoms with E-state index in [4.69, 9.17) is 9.47 Å². The van der Waals surface area contributed by atoms with Crippen molar-refractivity contribution in [1.82, 2.24) is 0 Å². The number of methoxy groups -OCH3 is 2. The number of anilines is 2. The molecule has 0 heterocycles. The molecule has 0 bridgehead atoms. The van der Waals surface area contributed by atoms with E-state index in [1.165, 1.54) is 0 Å². The highest BCUT2D eigenvalue weighted by Gasteiger charge is 2.10. The van der Waals surface area contributed by atoms with Gasteiger partial charge in [-0.3, -0.25) is 4.79 Å². The van der Waals surface area contributed by atoms with E-state index in [0.29, 0.717) is 11.5 Å². The summed E-state index contributed by atoms with van der Waals surface area (Å²) in [6.07, 6.45) is 0.872. The van der Waals surface area contributed by atoms with Gasteiger partial charge in [0.2, 0.25) is 5.91 Å². The van der Waals surface area contributed by atoms with E-state index in [1.807, 2.05) is 37.3 Å². The molecule has 0 unspecified atom stereocenters. The van der Waals surface area contributed by atoms with Gasteiger partial charge in [0.25, 0.3) is 0 Å². The van der Waals surface area contributed by atoms with Gasteiger partial charge in [-0.15, -0.1) is 0 Å². The summed E-state index contributed by atoms with van der Waals surface area (Å²) < 4.78 is 10.5. The van der Waals surface area contributed by atoms with Gasteiger partial charge in [0.05, 0.1) is 26.5 Å². The monoisotopic (exact) mass is 328 g/mol. The van der Waals surface area contributed by atoms with Crippen LogP contribution >= 0.6 is 0 Å². The summed E-state index contributed by atoms with van der Waals surface area (Å²) in [5, 5.41) is 6.09. The van der Waals surface area contributed by atoms with Crippen molar-refractivity contribution in [2.24, 2.45) is 0 Å². The molecule has 2 aromatic carbocycles. The Hall–Kier alpha value is -2.69. The fraction of sp³-hybridized carbons (Fsp3) is 0.316. The summed E-state index contributed by atoms with van der Waals surface area (Å²) in [5.74, 6) is 1.23. The molecule has 0 fully saturated rings. The van der Waals surface area contributed by atoms with Crippen LogP contribution in [0.15, 0.2) is 36.4 Å². The first-order valence-electron chi connectivity index (χ1n) is 7.93. The second kappa shape index (κ2) is 8.24. The predicted molar refractivity (Wildman–Crippen MR) is 97.2 cm³/mol. The zero-order valence-electron chi connectivity index (χ0n) is 14.6. The summed E-state index contributed by atoms with van der Waals surface area (Å²) in [5.41, 5.74) is 3.83. The molecule has 0 atom stereocenters. The highest BCUT2D eigenvalue weighted by Crippen LogP contribution is 2.29. The maximum absolute atomic E-state index is 12.3. The lowest BCUT2D eigenvalue weighted by molar-refractivity contribution is -0.114. The number of hydrogen-bond acceptors (Lipinski definition) is 4. The highest BCUT2D eigenvalue weighted by molar-refractivity contribution is 5.95. The van der Waals surface area contributed by atoms with Crippen molar-refractivity contribution in [3.8, 4) is 11.5 Å². The molecule has 0 aliphatic carbocycles. The summed E-state index contributed by atoms with van der Waals surface area (Å²) in [6.45, 7) is 4.22. The van der Waals surface area contributed by atoms with Crippen molar-refractivity contribution in [1.29, 1.82) is 0 Å². The molecule has 2 aromatic rings. The Labute approximate surface area is 143 Å². The fourth-order valence-electron chi connectivity index (χ4n) is 2.51. The largest absolute Gasteiger partial charge is 0.497 e. The molecule has 2 rings (SSSR count). The lowest BCUT2D eigenvalue weighted by atomic mass is 10.1. The molecule has 5 nitrogen and oxygen atoms in total. The Bertz CT molecular complexity index is 714. The van der Waals surface area contributed by atoms with E-state index in [-0.39, 0.29) is 12.5 Å². The first kappa shape index (κ1) is 17.7. The predicted octanol–water partition coefficient (Wildman–Crippen LogP) is 3.63. The Balaban J connectivity index is 2.04. The van der Waals surface area contributed by atoms with Crippen molar-refractivity contribution in [2.45, 2.75) is 20.3 Å². The number of carbonyl (C=O) groups is 1. The van der Waals surface area contributed by atoms with Crippen LogP contribution in [-0.4, -0.2) is 26.7 Å². The molecule has 24 heavy (non-hydrogen) atoms. The SMILES string of the molecule is CCc1cccc(C)c1NC(=O)CNc1ccc(OC)cc1OC. The van der Waals surface area contributed by atoms with Gasteiger partial charge < -0.3 is 20.1 Å². The second-order valence-electron chi connectivity index (χ2n) is 5.43. The average Bonchev–Trinajstić information content (AvgIpc) is 2.61. The molecule has 0 aliphatic heterocycles. The van der Waals surface area contributed by atoms with Gasteiger partial charge in [0.15, 0.2) is 0 Å². The van der Waals surface area contributed by atoms with Crippen molar-refractivity contribution in [3.63, 3.8) is 0 Å². The number of amides is 1. The number of hydrogen-bond donors (Lipinski definition) is 2. The molecular formula is C19H24N2O3. The smallest absolute Gasteiger partial charge is 0.243 e. The van der Waals surface area contributed by atoms with Crippen LogP contribution in [0, 0.1) is 6.92 Å². The number of benzene rings is 2. The van der Waals surface area contributed by atoms with Crippen LogP contribution in [0.4, 0.5) is 11.4 Å². The molecule has 5 heteroatoms. The lowest BCUT2D eigenvalue weighted by Crippen LogP contribution is -2.23. The zero-order valence-corrected chi connectivity index (χ0v) is 14.6. The van der Waals surface area contributed by atoms with E-state index in [1.54, 1.807) is 20.3 Å². The maximum atomic E-state index is 12.3. The topological polar surface area (TPSA) is 59.6 Å². The van der Waals surface area contributed by atoms with E-state index in [2.05, 4.69) is 17.6 Å². The van der Waals surface area contributed by atoms with Crippen LogP contribution < -0.4 is 20.1 Å². The molecule has 1 amide bonds. The first-order chi connectivity index (χ1) is 11.6. The average molecular weight is 328 g/mol. The molecule has 0 saturated carbocycles. The van der Waals surface area contributed by atoms with Gasteiger partial charge in [0.1, 0.15) is 11.5 Å². The molecule has 2 N–H and O–H groups in total. The van der Waals surface area contributed by atoms with Crippen molar-refractivity contribution >= 4 is 17.3 Å². The van der Waals surface area contributed by atoms with Crippen LogP contribution in [0.5, 0.6) is 11.5 Å². The quantitative estimate of drug-likeness (QED) is 0.815. The molecule has 128 valence electrons. The molecule has 0 radical (unpaired) electrons. The van der Waals surface area contributed by atoms with Crippen LogP contribution in [0.25, 0.3) is 0 Å². The molecule has 0 aromatic heterocycles. The van der Waals surface area contributed by atoms with Gasteiger partial charge in [0, 0.05) is 11.8 Å². The Morgan fingerprint density at radius 3 is 2.58 bits per heavy atom. The van der Waals surface area contributed by atoms with E-state index in [9.17, 15) is 4.79 Å². The Kier molecular flexibility index (Phi) is 6.07. The summed E-state index contributed by atoms with van der Waals surface area (Å²) in [6, 6.07) is 11.5. The normalized spacial score (nSPS) is 10.2. The number of carbonyl (C=O) groups excluding carboxylic acids is 1. The van der Waals surface area contributed by atoms with Crippen molar-refractivity contribution in [3.05, 3.63) is 47.5 Å². The number of rotatable bonds is 7. The maximum Gasteiger partial charge on any atom is 0.243 e. The van der Waals surface area contributed by atoms with E-state index in [0.717, 1.165) is 28.9 Å². The molecule has 0 aliphatic rings. The van der Waals surface area contributed by atoms with Crippen LogP contribution in [-0.2, 0) is 11.2 Å². The van der Waals surface area contributed by atoms with Gasteiger partial charge in [-0.05, 0) is 36.6 Å². The van der Waals surface area contributed by atoms with Crippen LogP contribution in [0.1, 0.15) is 18.1 Å².